The third kappa shape index (κ3) is 6.24. The summed E-state index contributed by atoms with van der Waals surface area (Å²) in [7, 11) is -3.22. The monoisotopic (exact) mass is 537 g/mol. The lowest BCUT2D eigenvalue weighted by Gasteiger charge is -2.31. The van der Waals surface area contributed by atoms with E-state index in [0.29, 0.717) is 22.6 Å². The van der Waals surface area contributed by atoms with Gasteiger partial charge in [-0.2, -0.15) is 0 Å². The minimum Gasteiger partial charge on any atom is -0.470 e. The molecule has 1 fully saturated rings. The van der Waals surface area contributed by atoms with Gasteiger partial charge in [0.2, 0.25) is 5.95 Å². The number of fused-ring (bicyclic) bond motifs is 1. The van der Waals surface area contributed by atoms with Crippen molar-refractivity contribution in [1.29, 1.82) is 0 Å². The van der Waals surface area contributed by atoms with Crippen molar-refractivity contribution in [3.8, 4) is 16.5 Å². The highest BCUT2D eigenvalue weighted by Gasteiger charge is 2.21. The summed E-state index contributed by atoms with van der Waals surface area (Å²) in [5, 5.41) is 0.630. The van der Waals surface area contributed by atoms with Gasteiger partial charge in [0.25, 0.3) is 5.19 Å². The van der Waals surface area contributed by atoms with Gasteiger partial charge in [-0.3, -0.25) is 0 Å². The van der Waals surface area contributed by atoms with Crippen LogP contribution in [0.15, 0.2) is 53.7 Å². The molecule has 0 saturated carbocycles. The van der Waals surface area contributed by atoms with E-state index in [2.05, 4.69) is 26.8 Å². The number of sulfone groups is 1. The Morgan fingerprint density at radius 1 is 1.03 bits per heavy atom. The van der Waals surface area contributed by atoms with Crippen molar-refractivity contribution in [2.75, 3.05) is 30.9 Å². The molecule has 1 aliphatic rings. The zero-order valence-electron chi connectivity index (χ0n) is 21.1. The van der Waals surface area contributed by atoms with E-state index in [1.54, 1.807) is 24.3 Å². The number of hydrogen-bond acceptors (Lipinski definition) is 9. The molecule has 1 aromatic carbocycles. The van der Waals surface area contributed by atoms with Gasteiger partial charge in [-0.1, -0.05) is 36.8 Å². The number of rotatable bonds is 9. The predicted molar refractivity (Wildman–Crippen MR) is 147 cm³/mol. The van der Waals surface area contributed by atoms with Gasteiger partial charge in [0.15, 0.2) is 9.84 Å². The molecule has 1 aliphatic heterocycles. The SMILES string of the molecule is CCCc1cnc(N2CCC(CCOc3nc4ccc(-c5ccc(S(C)(=O)=O)cc5)nc4s3)CC2)nc1. The van der Waals surface area contributed by atoms with Gasteiger partial charge in [-0.25, -0.2) is 28.4 Å². The van der Waals surface area contributed by atoms with Gasteiger partial charge in [0, 0.05) is 37.3 Å². The second-order valence-electron chi connectivity index (χ2n) is 9.51. The van der Waals surface area contributed by atoms with E-state index in [1.165, 1.54) is 23.2 Å². The Bertz CT molecular complexity index is 1450. The van der Waals surface area contributed by atoms with Crippen molar-refractivity contribution in [1.82, 2.24) is 19.9 Å². The van der Waals surface area contributed by atoms with Crippen LogP contribution < -0.4 is 9.64 Å². The molecule has 1 saturated heterocycles. The summed E-state index contributed by atoms with van der Waals surface area (Å²) in [6, 6.07) is 10.6. The highest BCUT2D eigenvalue weighted by Crippen LogP contribution is 2.30. The van der Waals surface area contributed by atoms with Crippen molar-refractivity contribution in [3.63, 3.8) is 0 Å². The second kappa shape index (κ2) is 11.1. The largest absolute Gasteiger partial charge is 0.470 e. The molecule has 8 nitrogen and oxygen atoms in total. The first-order valence-electron chi connectivity index (χ1n) is 12.7. The van der Waals surface area contributed by atoms with Crippen LogP contribution in [0.1, 0.15) is 38.2 Å². The Kier molecular flexibility index (Phi) is 7.66. The normalized spacial score (nSPS) is 14.8. The van der Waals surface area contributed by atoms with Crippen molar-refractivity contribution in [2.45, 2.75) is 43.9 Å². The van der Waals surface area contributed by atoms with Crippen LogP contribution in [-0.2, 0) is 16.3 Å². The van der Waals surface area contributed by atoms with Crippen molar-refractivity contribution in [2.24, 2.45) is 5.92 Å². The van der Waals surface area contributed by atoms with E-state index >= 15 is 0 Å². The first-order chi connectivity index (χ1) is 17.9. The molecule has 0 unspecified atom stereocenters. The summed E-state index contributed by atoms with van der Waals surface area (Å²) in [5.74, 6) is 1.45. The maximum atomic E-state index is 11.7. The van der Waals surface area contributed by atoms with Crippen molar-refractivity contribution >= 4 is 37.5 Å². The first kappa shape index (κ1) is 25.5. The first-order valence-corrected chi connectivity index (χ1v) is 15.4. The Morgan fingerprint density at radius 2 is 1.76 bits per heavy atom. The molecule has 0 atom stereocenters. The van der Waals surface area contributed by atoms with Crippen molar-refractivity contribution in [3.05, 3.63) is 54.4 Å². The van der Waals surface area contributed by atoms with Crippen LogP contribution in [0.2, 0.25) is 0 Å². The minimum absolute atomic E-state index is 0.297. The Morgan fingerprint density at radius 3 is 2.43 bits per heavy atom. The van der Waals surface area contributed by atoms with E-state index in [-0.39, 0.29) is 0 Å². The molecular formula is C27H31N5O3S2. The standard InChI is InChI=1S/C27H31N5O3S2/c1-3-4-20-17-28-26(29-18-20)32-14-11-19(12-15-32)13-16-35-27-31-24-10-9-23(30-25(24)36-27)21-5-7-22(8-6-21)37(2,33)34/h5-10,17-19H,3-4,11-16H2,1-2H3. The number of hydrogen-bond donors (Lipinski definition) is 0. The number of thiazole rings is 1. The molecule has 0 aliphatic carbocycles. The zero-order chi connectivity index (χ0) is 25.8. The molecular weight excluding hydrogens is 506 g/mol. The summed E-state index contributed by atoms with van der Waals surface area (Å²) in [4.78, 5) is 21.8. The van der Waals surface area contributed by atoms with Crippen LogP contribution in [-0.4, -0.2) is 54.3 Å². The highest BCUT2D eigenvalue weighted by atomic mass is 32.2. The molecule has 10 heteroatoms. The molecule has 194 valence electrons. The number of nitrogens with zero attached hydrogens (tertiary/aromatic N) is 5. The third-order valence-electron chi connectivity index (χ3n) is 6.69. The smallest absolute Gasteiger partial charge is 0.275 e. The fourth-order valence-electron chi connectivity index (χ4n) is 4.56. The van der Waals surface area contributed by atoms with Crippen LogP contribution in [0.5, 0.6) is 5.19 Å². The van der Waals surface area contributed by atoms with Gasteiger partial charge >= 0.3 is 0 Å². The van der Waals surface area contributed by atoms with Crippen LogP contribution in [0, 0.1) is 5.92 Å². The molecule has 0 spiro atoms. The molecule has 0 amide bonds. The quantitative estimate of drug-likeness (QED) is 0.288. The summed E-state index contributed by atoms with van der Waals surface area (Å²) in [5.41, 5.74) is 3.63. The highest BCUT2D eigenvalue weighted by molar-refractivity contribution is 7.90. The number of benzene rings is 1. The van der Waals surface area contributed by atoms with Crippen LogP contribution in [0.3, 0.4) is 0 Å². The summed E-state index contributed by atoms with van der Waals surface area (Å²) in [6.07, 6.45) is 10.4. The van der Waals surface area contributed by atoms with Crippen LogP contribution in [0.4, 0.5) is 5.95 Å². The molecule has 5 rings (SSSR count). The average molecular weight is 538 g/mol. The molecule has 3 aromatic heterocycles. The Labute approximate surface area is 221 Å². The maximum Gasteiger partial charge on any atom is 0.275 e. The number of pyridine rings is 1. The number of anilines is 1. The van der Waals surface area contributed by atoms with Crippen LogP contribution >= 0.6 is 11.3 Å². The van der Waals surface area contributed by atoms with E-state index in [4.69, 9.17) is 9.72 Å². The molecule has 0 bridgehead atoms. The number of aryl methyl sites for hydroxylation is 1. The topological polar surface area (TPSA) is 98.2 Å². The van der Waals surface area contributed by atoms with Gasteiger partial charge in [-0.15, -0.1) is 0 Å². The summed E-state index contributed by atoms with van der Waals surface area (Å²) in [6.45, 7) is 4.73. The fraction of sp³-hybridized carbons (Fsp3) is 0.407. The lowest BCUT2D eigenvalue weighted by atomic mass is 9.94. The Balaban J connectivity index is 1.13. The fourth-order valence-corrected chi connectivity index (χ4v) is 6.00. The third-order valence-corrected chi connectivity index (χ3v) is 8.70. The predicted octanol–water partition coefficient (Wildman–Crippen LogP) is 5.19. The molecule has 0 radical (unpaired) electrons. The second-order valence-corrected chi connectivity index (χ2v) is 12.5. The van der Waals surface area contributed by atoms with Crippen LogP contribution in [0.25, 0.3) is 21.6 Å². The van der Waals surface area contributed by atoms with Gasteiger partial charge in [0.1, 0.15) is 10.3 Å². The molecule has 37 heavy (non-hydrogen) atoms. The number of piperidine rings is 1. The van der Waals surface area contributed by atoms with E-state index in [9.17, 15) is 8.42 Å². The van der Waals surface area contributed by atoms with E-state index < -0.39 is 9.84 Å². The summed E-state index contributed by atoms with van der Waals surface area (Å²) < 4.78 is 29.4. The van der Waals surface area contributed by atoms with Crippen molar-refractivity contribution < 1.29 is 13.2 Å². The molecule has 4 aromatic rings. The lowest BCUT2D eigenvalue weighted by Crippen LogP contribution is -2.35. The maximum absolute atomic E-state index is 11.7. The van der Waals surface area contributed by atoms with E-state index in [1.807, 2.05) is 24.5 Å². The number of ether oxygens (including phenoxy) is 1. The Hall–Kier alpha value is -3.11. The zero-order valence-corrected chi connectivity index (χ0v) is 22.8. The van der Waals surface area contributed by atoms with Gasteiger partial charge in [-0.05, 0) is 61.4 Å². The number of aromatic nitrogens is 4. The lowest BCUT2D eigenvalue weighted by molar-refractivity contribution is 0.257. The molecule has 4 heterocycles. The van der Waals surface area contributed by atoms with Gasteiger partial charge in [0.05, 0.1) is 17.2 Å². The minimum atomic E-state index is -3.22. The summed E-state index contributed by atoms with van der Waals surface area (Å²) >= 11 is 1.44. The average Bonchev–Trinajstić information content (AvgIpc) is 3.31. The van der Waals surface area contributed by atoms with Gasteiger partial charge < -0.3 is 9.64 Å². The molecule has 0 N–H and O–H groups in total. The van der Waals surface area contributed by atoms with E-state index in [0.717, 1.165) is 72.7 Å².